The number of nitrogens with one attached hydrogen (secondary N) is 3. The van der Waals surface area contributed by atoms with Gasteiger partial charge in [0.15, 0.2) is 0 Å². The predicted octanol–water partition coefficient (Wildman–Crippen LogP) is 6.06. The Morgan fingerprint density at radius 2 is 1.38 bits per heavy atom. The Hall–Kier alpha value is -5.90. The highest BCUT2D eigenvalue weighted by Gasteiger charge is 2.44. The van der Waals surface area contributed by atoms with E-state index in [0.717, 1.165) is 54.6 Å². The van der Waals surface area contributed by atoms with Crippen LogP contribution in [0.2, 0.25) is 0 Å². The molecule has 19 heteroatoms. The number of thiazole rings is 1. The minimum absolute atomic E-state index is 0.0200. The molecule has 0 unspecified atom stereocenters. The average molecular weight is 1010 g/mol. The van der Waals surface area contributed by atoms with Crippen LogP contribution in [0.1, 0.15) is 51.4 Å². The quantitative estimate of drug-likeness (QED) is 0.0411. The van der Waals surface area contributed by atoms with Crippen molar-refractivity contribution in [2.75, 3.05) is 92.4 Å². The smallest absolute Gasteiger partial charge is 0.246 e. The van der Waals surface area contributed by atoms with E-state index in [4.69, 9.17) is 33.2 Å². The Labute approximate surface area is 424 Å². The molecule has 18 nitrogen and oxygen atoms in total. The maximum Gasteiger partial charge on any atom is 0.246 e. The van der Waals surface area contributed by atoms with Crippen LogP contribution in [0.15, 0.2) is 84.8 Å². The third-order valence-electron chi connectivity index (χ3n) is 12.1. The first-order valence-electron chi connectivity index (χ1n) is 24.4. The van der Waals surface area contributed by atoms with Crippen LogP contribution >= 0.6 is 11.3 Å². The fraction of sp³-hybridized carbons (Fsp3) is 0.472. The number of rotatable bonds is 28. The van der Waals surface area contributed by atoms with E-state index in [2.05, 4.69) is 48.8 Å². The van der Waals surface area contributed by atoms with Crippen LogP contribution in [-0.2, 0) is 42.8 Å². The minimum atomic E-state index is -0.968. The number of likely N-dealkylation sites (tertiary alicyclic amines) is 1. The molecule has 6 aromatic rings. The van der Waals surface area contributed by atoms with Gasteiger partial charge in [0.1, 0.15) is 25.3 Å². The molecule has 0 bridgehead atoms. The van der Waals surface area contributed by atoms with E-state index in [1.807, 2.05) is 88.8 Å². The number of aliphatic hydroxyl groups excluding tert-OH is 1. The molecule has 1 aliphatic rings. The average Bonchev–Trinajstić information content (AvgIpc) is 4.10. The molecule has 1 saturated heterocycles. The van der Waals surface area contributed by atoms with Crippen molar-refractivity contribution in [2.24, 2.45) is 5.41 Å². The monoisotopic (exact) mass is 1010 g/mol. The highest BCUT2D eigenvalue weighted by atomic mass is 32.1. The minimum Gasteiger partial charge on any atom is -0.475 e. The van der Waals surface area contributed by atoms with Gasteiger partial charge < -0.3 is 58.8 Å². The molecule has 7 rings (SSSR count). The first-order chi connectivity index (χ1) is 34.9. The summed E-state index contributed by atoms with van der Waals surface area (Å²) in [5.41, 5.74) is 8.19. The van der Waals surface area contributed by atoms with Gasteiger partial charge in [0.2, 0.25) is 23.6 Å². The van der Waals surface area contributed by atoms with Crippen molar-refractivity contribution in [3.63, 3.8) is 0 Å². The summed E-state index contributed by atoms with van der Waals surface area (Å²) in [6.45, 7) is 13.5. The fourth-order valence-corrected chi connectivity index (χ4v) is 9.06. The van der Waals surface area contributed by atoms with Gasteiger partial charge in [-0.3, -0.25) is 19.4 Å². The zero-order valence-corrected chi connectivity index (χ0v) is 42.5. The molecule has 386 valence electrons. The molecule has 4 aromatic heterocycles. The Kier molecular flexibility index (Phi) is 20.0. The molecule has 0 radical (unpaired) electrons. The van der Waals surface area contributed by atoms with Gasteiger partial charge in [-0.25, -0.2) is 9.97 Å². The topological polar surface area (TPSA) is 218 Å². The largest absolute Gasteiger partial charge is 0.475 e. The SMILES string of the molecule is Cc1ncsc1-c1ccc([C@H](C)NC(=O)[C@@H]2C[C@@H](O)CN2C(=O)[C@@H](NC(=O)COCCOCCOCCOCCOCCOCCOc2ccc(-c3ccc4c(c3)[nH]c3ccncc34)cn2)C(C)(C)C)cc1. The first kappa shape index (κ1) is 53.9. The van der Waals surface area contributed by atoms with E-state index < -0.39 is 35.4 Å². The number of ether oxygens (including phenoxy) is 7. The van der Waals surface area contributed by atoms with E-state index in [0.29, 0.717) is 71.9 Å². The standard InChI is InChI=1S/C53H67N7O11S/c1-35(37-6-8-38(9-7-37)49-36(2)56-34-72-49)57-51(63)46-29-41(61)32-60(46)52(64)50(53(3,4)5)59-47(62)33-70-25-24-68-21-20-66-17-16-65-18-19-67-22-23-69-26-27-71-48-13-11-40(30-55-48)39-10-12-42-43-31-54-15-14-44(43)58-45(42)28-39/h6-15,28,30-31,34-35,41,46,50,58,61H,16-27,29,32-33H2,1-5H3,(H,57,63)(H,59,62)/t35-,41+,46-,50+/m0/s1. The second kappa shape index (κ2) is 26.7. The number of hydrogen-bond acceptors (Lipinski definition) is 15. The zero-order chi connectivity index (χ0) is 50.9. The third kappa shape index (κ3) is 15.3. The second-order valence-electron chi connectivity index (χ2n) is 18.5. The molecule has 0 spiro atoms. The van der Waals surface area contributed by atoms with Gasteiger partial charge in [-0.15, -0.1) is 11.3 Å². The van der Waals surface area contributed by atoms with Gasteiger partial charge in [-0.1, -0.05) is 57.2 Å². The Morgan fingerprint density at radius 3 is 1.99 bits per heavy atom. The Bertz CT molecular complexity index is 2660. The van der Waals surface area contributed by atoms with Crippen LogP contribution < -0.4 is 15.4 Å². The number of carbonyl (C=O) groups excluding carboxylic acids is 3. The first-order valence-corrected chi connectivity index (χ1v) is 25.2. The highest BCUT2D eigenvalue weighted by molar-refractivity contribution is 7.13. The number of amides is 3. The number of hydrogen-bond donors (Lipinski definition) is 4. The molecular formula is C53H67N7O11S. The number of nitrogens with zero attached hydrogens (tertiary/aromatic N) is 4. The number of aliphatic hydroxyl groups is 1. The number of carbonyl (C=O) groups is 3. The second-order valence-corrected chi connectivity index (χ2v) is 19.4. The van der Waals surface area contributed by atoms with E-state index in [1.165, 1.54) is 4.90 Å². The van der Waals surface area contributed by atoms with E-state index in [1.54, 1.807) is 23.7 Å². The normalized spacial score (nSPS) is 15.8. The maximum atomic E-state index is 14.0. The van der Waals surface area contributed by atoms with Crippen LogP contribution in [0.3, 0.4) is 0 Å². The Morgan fingerprint density at radius 1 is 0.750 bits per heavy atom. The number of β-amino-alcohol motifs (C(OH)–C–C–N with tert-alkyl or cyclic N) is 1. The third-order valence-corrected chi connectivity index (χ3v) is 13.1. The molecule has 1 fully saturated rings. The number of pyridine rings is 2. The van der Waals surface area contributed by atoms with E-state index in [-0.39, 0.29) is 44.7 Å². The summed E-state index contributed by atoms with van der Waals surface area (Å²) < 4.78 is 39.1. The summed E-state index contributed by atoms with van der Waals surface area (Å²) in [5, 5.41) is 18.7. The molecule has 2 aromatic carbocycles. The van der Waals surface area contributed by atoms with Crippen LogP contribution in [-0.4, -0.2) is 158 Å². The number of aromatic nitrogens is 4. The van der Waals surface area contributed by atoms with Crippen molar-refractivity contribution in [3.8, 4) is 27.4 Å². The van der Waals surface area contributed by atoms with Gasteiger partial charge in [0, 0.05) is 65.0 Å². The number of H-pyrrole nitrogens is 1. The van der Waals surface area contributed by atoms with Gasteiger partial charge in [-0.05, 0) is 54.2 Å². The summed E-state index contributed by atoms with van der Waals surface area (Å²) >= 11 is 1.57. The molecule has 0 saturated carbocycles. The highest BCUT2D eigenvalue weighted by Crippen LogP contribution is 2.31. The summed E-state index contributed by atoms with van der Waals surface area (Å²) in [5.74, 6) is -0.767. The van der Waals surface area contributed by atoms with E-state index >= 15 is 0 Å². The maximum absolute atomic E-state index is 14.0. The van der Waals surface area contributed by atoms with Crippen molar-refractivity contribution < 1.29 is 52.6 Å². The number of benzene rings is 2. The van der Waals surface area contributed by atoms with Crippen LogP contribution in [0.4, 0.5) is 0 Å². The zero-order valence-electron chi connectivity index (χ0n) is 41.7. The van der Waals surface area contributed by atoms with Crippen molar-refractivity contribution in [2.45, 2.75) is 65.3 Å². The molecule has 4 N–H and O–H groups in total. The lowest BCUT2D eigenvalue weighted by atomic mass is 9.85. The van der Waals surface area contributed by atoms with Crippen LogP contribution in [0, 0.1) is 12.3 Å². The Balaban J connectivity index is 0.668. The molecule has 1 aliphatic heterocycles. The molecule has 5 heterocycles. The summed E-state index contributed by atoms with van der Waals surface area (Å²) in [6.07, 6.45) is 4.68. The number of fused-ring (bicyclic) bond motifs is 3. The van der Waals surface area contributed by atoms with Crippen LogP contribution in [0.25, 0.3) is 43.4 Å². The van der Waals surface area contributed by atoms with Crippen molar-refractivity contribution in [3.05, 3.63) is 96.0 Å². The number of aryl methyl sites for hydroxylation is 1. The summed E-state index contributed by atoms with van der Waals surface area (Å²) in [6, 6.07) is 17.8. The van der Waals surface area contributed by atoms with Crippen molar-refractivity contribution >= 4 is 50.9 Å². The van der Waals surface area contributed by atoms with Gasteiger partial charge in [0.05, 0.1) is 101 Å². The van der Waals surface area contributed by atoms with Crippen LogP contribution in [0.5, 0.6) is 5.88 Å². The summed E-state index contributed by atoms with van der Waals surface area (Å²) in [7, 11) is 0. The van der Waals surface area contributed by atoms with Gasteiger partial charge in [0.25, 0.3) is 0 Å². The van der Waals surface area contributed by atoms with Crippen molar-refractivity contribution in [1.82, 2.24) is 35.5 Å². The molecule has 3 amide bonds. The predicted molar refractivity (Wildman–Crippen MR) is 274 cm³/mol. The molecule has 0 aliphatic carbocycles. The lowest BCUT2D eigenvalue weighted by Crippen LogP contribution is -2.58. The fourth-order valence-electron chi connectivity index (χ4n) is 8.25. The lowest BCUT2D eigenvalue weighted by molar-refractivity contribution is -0.144. The molecular weight excluding hydrogens is 943 g/mol. The molecule has 4 atom stereocenters. The van der Waals surface area contributed by atoms with Gasteiger partial charge in [-0.2, -0.15) is 0 Å². The lowest BCUT2D eigenvalue weighted by Gasteiger charge is -2.35. The summed E-state index contributed by atoms with van der Waals surface area (Å²) in [4.78, 5) is 59.5. The van der Waals surface area contributed by atoms with Gasteiger partial charge >= 0.3 is 0 Å². The molecule has 72 heavy (non-hydrogen) atoms. The van der Waals surface area contributed by atoms with E-state index in [9.17, 15) is 19.5 Å². The van der Waals surface area contributed by atoms with Crippen molar-refractivity contribution in [1.29, 1.82) is 0 Å². The number of aromatic amines is 1.